The lowest BCUT2D eigenvalue weighted by Gasteiger charge is -2.05. The van der Waals surface area contributed by atoms with Crippen molar-refractivity contribution in [3.8, 4) is 0 Å². The molecule has 0 fully saturated rings. The number of para-hydroxylation sites is 1. The van der Waals surface area contributed by atoms with Crippen LogP contribution in [0.3, 0.4) is 0 Å². The fourth-order valence-electron chi connectivity index (χ4n) is 2.57. The molecule has 0 bridgehead atoms. The third kappa shape index (κ3) is 2.19. The summed E-state index contributed by atoms with van der Waals surface area (Å²) in [6.07, 6.45) is 1.65. The number of carboxylic acids is 1. The molecule has 0 amide bonds. The molecule has 2 heterocycles. The van der Waals surface area contributed by atoms with Gasteiger partial charge in [0, 0.05) is 29.7 Å². The van der Waals surface area contributed by atoms with E-state index >= 15 is 0 Å². The van der Waals surface area contributed by atoms with Gasteiger partial charge in [-0.15, -0.1) is 0 Å². The summed E-state index contributed by atoms with van der Waals surface area (Å²) >= 11 is 6.26. The number of carbonyl (C=O) groups is 1. The minimum absolute atomic E-state index is 0.295. The number of fused-ring (bicyclic) bond motifs is 1. The molecule has 5 nitrogen and oxygen atoms in total. The number of aromatic carboxylic acids is 1. The standard InChI is InChI=1S/C15H14ClN3O2/c1-9-11(14(16)18(2)17-9)7-19-8-12(15(20)21)10-5-3-4-6-13(10)19/h3-6,8H,7H2,1-2H3,(H,20,21). The van der Waals surface area contributed by atoms with Gasteiger partial charge < -0.3 is 9.67 Å². The van der Waals surface area contributed by atoms with Gasteiger partial charge in [0.1, 0.15) is 5.15 Å². The Labute approximate surface area is 126 Å². The van der Waals surface area contributed by atoms with Crippen LogP contribution in [0.15, 0.2) is 30.5 Å². The first-order chi connectivity index (χ1) is 9.99. The highest BCUT2D eigenvalue weighted by atomic mass is 35.5. The molecule has 0 unspecified atom stereocenters. The number of nitrogens with zero attached hydrogens (tertiary/aromatic N) is 3. The Morgan fingerprint density at radius 3 is 2.71 bits per heavy atom. The van der Waals surface area contributed by atoms with E-state index in [9.17, 15) is 9.90 Å². The largest absolute Gasteiger partial charge is 0.478 e. The highest BCUT2D eigenvalue weighted by Gasteiger charge is 2.17. The Morgan fingerprint density at radius 1 is 1.38 bits per heavy atom. The third-order valence-electron chi connectivity index (χ3n) is 3.62. The van der Waals surface area contributed by atoms with Crippen molar-refractivity contribution in [2.75, 3.05) is 0 Å². The van der Waals surface area contributed by atoms with Crippen LogP contribution in [0.4, 0.5) is 0 Å². The molecule has 0 aliphatic heterocycles. The zero-order valence-corrected chi connectivity index (χ0v) is 12.4. The second kappa shape index (κ2) is 4.93. The monoisotopic (exact) mass is 303 g/mol. The molecular weight excluding hydrogens is 290 g/mol. The van der Waals surface area contributed by atoms with Gasteiger partial charge in [0.15, 0.2) is 0 Å². The molecule has 6 heteroatoms. The van der Waals surface area contributed by atoms with Gasteiger partial charge in [-0.2, -0.15) is 5.10 Å². The van der Waals surface area contributed by atoms with E-state index in [2.05, 4.69) is 5.10 Å². The second-order valence-corrected chi connectivity index (χ2v) is 5.33. The summed E-state index contributed by atoms with van der Waals surface area (Å²) in [5, 5.41) is 14.9. The Morgan fingerprint density at radius 2 is 2.10 bits per heavy atom. The highest BCUT2D eigenvalue weighted by Crippen LogP contribution is 2.25. The number of rotatable bonds is 3. The summed E-state index contributed by atoms with van der Waals surface area (Å²) in [5.74, 6) is -0.932. The number of carboxylic acid groups (broad SMARTS) is 1. The van der Waals surface area contributed by atoms with Crippen LogP contribution >= 0.6 is 11.6 Å². The predicted octanol–water partition coefficient (Wildman–Crippen LogP) is 3.08. The quantitative estimate of drug-likeness (QED) is 0.809. The molecular formula is C15H14ClN3O2. The molecule has 0 radical (unpaired) electrons. The van der Waals surface area contributed by atoms with Crippen molar-refractivity contribution in [3.05, 3.63) is 52.4 Å². The number of hydrogen-bond acceptors (Lipinski definition) is 2. The summed E-state index contributed by atoms with van der Waals surface area (Å²) in [7, 11) is 1.79. The molecule has 0 atom stereocenters. The molecule has 3 rings (SSSR count). The summed E-state index contributed by atoms with van der Waals surface area (Å²) < 4.78 is 3.52. The van der Waals surface area contributed by atoms with Crippen LogP contribution in [-0.4, -0.2) is 25.4 Å². The lowest BCUT2D eigenvalue weighted by atomic mass is 10.2. The fourth-order valence-corrected chi connectivity index (χ4v) is 2.81. The molecule has 108 valence electrons. The predicted molar refractivity (Wildman–Crippen MR) is 81.0 cm³/mol. The van der Waals surface area contributed by atoms with Crippen molar-refractivity contribution in [3.63, 3.8) is 0 Å². The van der Waals surface area contributed by atoms with E-state index in [0.29, 0.717) is 17.3 Å². The summed E-state index contributed by atoms with van der Waals surface area (Å²) in [4.78, 5) is 11.4. The average Bonchev–Trinajstić information content (AvgIpc) is 2.93. The number of aryl methyl sites for hydroxylation is 2. The minimum atomic E-state index is -0.932. The molecule has 0 aliphatic rings. The second-order valence-electron chi connectivity index (χ2n) is 4.97. The average molecular weight is 304 g/mol. The van der Waals surface area contributed by atoms with E-state index in [1.807, 2.05) is 35.8 Å². The first-order valence-corrected chi connectivity index (χ1v) is 6.86. The van der Waals surface area contributed by atoms with Crippen molar-refractivity contribution in [2.45, 2.75) is 13.5 Å². The van der Waals surface area contributed by atoms with Gasteiger partial charge in [-0.05, 0) is 13.0 Å². The highest BCUT2D eigenvalue weighted by molar-refractivity contribution is 6.30. The van der Waals surface area contributed by atoms with E-state index in [1.54, 1.807) is 17.9 Å². The number of benzene rings is 1. The normalized spacial score (nSPS) is 11.2. The van der Waals surface area contributed by atoms with Gasteiger partial charge in [0.05, 0.1) is 17.8 Å². The number of aromatic nitrogens is 3. The van der Waals surface area contributed by atoms with Gasteiger partial charge in [0.25, 0.3) is 0 Å². The SMILES string of the molecule is Cc1nn(C)c(Cl)c1Cn1cc(C(=O)O)c2ccccc21. The lowest BCUT2D eigenvalue weighted by Crippen LogP contribution is -2.00. The Kier molecular flexibility index (Phi) is 3.22. The van der Waals surface area contributed by atoms with Gasteiger partial charge in [0.2, 0.25) is 0 Å². The van der Waals surface area contributed by atoms with Crippen LogP contribution in [-0.2, 0) is 13.6 Å². The van der Waals surface area contributed by atoms with Gasteiger partial charge in [-0.1, -0.05) is 29.8 Å². The molecule has 3 aromatic rings. The molecule has 0 aliphatic carbocycles. The number of halogens is 1. The van der Waals surface area contributed by atoms with E-state index < -0.39 is 5.97 Å². The maximum atomic E-state index is 11.4. The van der Waals surface area contributed by atoms with Gasteiger partial charge in [-0.3, -0.25) is 4.68 Å². The summed E-state index contributed by atoms with van der Waals surface area (Å²) in [5.41, 5.74) is 2.91. The third-order valence-corrected chi connectivity index (χ3v) is 4.09. The molecule has 21 heavy (non-hydrogen) atoms. The van der Waals surface area contributed by atoms with Gasteiger partial charge in [-0.25, -0.2) is 4.79 Å². The molecule has 0 saturated carbocycles. The minimum Gasteiger partial charge on any atom is -0.478 e. The zero-order valence-electron chi connectivity index (χ0n) is 11.7. The molecule has 2 aromatic heterocycles. The first kappa shape index (κ1) is 13.7. The lowest BCUT2D eigenvalue weighted by molar-refractivity contribution is 0.0699. The van der Waals surface area contributed by atoms with Crippen molar-refractivity contribution in [2.24, 2.45) is 7.05 Å². The van der Waals surface area contributed by atoms with Crippen LogP contribution in [0.5, 0.6) is 0 Å². The van der Waals surface area contributed by atoms with E-state index in [4.69, 9.17) is 11.6 Å². The van der Waals surface area contributed by atoms with Crippen LogP contribution in [0, 0.1) is 6.92 Å². The van der Waals surface area contributed by atoms with E-state index in [1.165, 1.54) is 0 Å². The fraction of sp³-hybridized carbons (Fsp3) is 0.200. The molecule has 0 saturated heterocycles. The maximum Gasteiger partial charge on any atom is 0.337 e. The van der Waals surface area contributed by atoms with Crippen molar-refractivity contribution in [1.82, 2.24) is 14.3 Å². The first-order valence-electron chi connectivity index (χ1n) is 6.48. The topological polar surface area (TPSA) is 60.0 Å². The van der Waals surface area contributed by atoms with Crippen LogP contribution in [0.25, 0.3) is 10.9 Å². The smallest absolute Gasteiger partial charge is 0.337 e. The molecule has 1 N–H and O–H groups in total. The van der Waals surface area contributed by atoms with E-state index in [0.717, 1.165) is 22.2 Å². The number of hydrogen-bond donors (Lipinski definition) is 1. The molecule has 0 spiro atoms. The molecule has 1 aromatic carbocycles. The van der Waals surface area contributed by atoms with Crippen LogP contribution in [0.1, 0.15) is 21.6 Å². The van der Waals surface area contributed by atoms with Crippen LogP contribution < -0.4 is 0 Å². The Hall–Kier alpha value is -2.27. The zero-order chi connectivity index (χ0) is 15.1. The van der Waals surface area contributed by atoms with Crippen molar-refractivity contribution >= 4 is 28.5 Å². The summed E-state index contributed by atoms with van der Waals surface area (Å²) in [6.45, 7) is 2.39. The Balaban J connectivity index is 2.15. The van der Waals surface area contributed by atoms with Gasteiger partial charge >= 0.3 is 5.97 Å². The van der Waals surface area contributed by atoms with Crippen LogP contribution in [0.2, 0.25) is 5.15 Å². The Bertz CT molecular complexity index is 848. The van der Waals surface area contributed by atoms with Crippen molar-refractivity contribution in [1.29, 1.82) is 0 Å². The maximum absolute atomic E-state index is 11.4. The van der Waals surface area contributed by atoms with Crippen molar-refractivity contribution < 1.29 is 9.90 Å². The summed E-state index contributed by atoms with van der Waals surface area (Å²) in [6, 6.07) is 7.44. The van der Waals surface area contributed by atoms with E-state index in [-0.39, 0.29) is 0 Å².